The Labute approximate surface area is 217 Å². The lowest BCUT2D eigenvalue weighted by atomic mass is 10.0. The van der Waals surface area contributed by atoms with Crippen molar-refractivity contribution in [3.63, 3.8) is 0 Å². The molecule has 0 aliphatic heterocycles. The summed E-state index contributed by atoms with van der Waals surface area (Å²) in [7, 11) is -5.02. The lowest BCUT2D eigenvalue weighted by molar-refractivity contribution is -0.123. The number of hydrogen-bond donors (Lipinski definition) is 1. The average Bonchev–Trinajstić information content (AvgIpc) is 2.92. The van der Waals surface area contributed by atoms with Gasteiger partial charge in [0.1, 0.15) is 12.4 Å². The highest BCUT2D eigenvalue weighted by Gasteiger charge is 2.17. The summed E-state index contributed by atoms with van der Waals surface area (Å²) >= 11 is 0. The van der Waals surface area contributed by atoms with Crippen LogP contribution in [0.2, 0.25) is 0 Å². The standard InChI is InChI=1S/C26H32N4O4S/c1-20(2)30(16-10-11-17-34-19-24(31)29-35(3,32)33)23-18-27-25(21-12-6-4-7-13-21)26(28-23)22-14-8-5-9-15-22/h4-9,12-15,18,20H,10-11,16-17,19H2,1-3H3,(H,29,31)/i3D3,11D2,17D2. The molecular weight excluding hydrogens is 464 g/mol. The molecule has 8 nitrogen and oxygen atoms in total. The van der Waals surface area contributed by atoms with E-state index in [1.165, 1.54) is 4.72 Å². The third kappa shape index (κ3) is 8.15. The van der Waals surface area contributed by atoms with E-state index < -0.39 is 48.1 Å². The number of carbonyl (C=O) groups is 1. The molecule has 1 heterocycles. The van der Waals surface area contributed by atoms with Crippen molar-refractivity contribution in [3.8, 4) is 22.5 Å². The van der Waals surface area contributed by atoms with E-state index in [2.05, 4.69) is 4.98 Å². The van der Waals surface area contributed by atoms with Crippen LogP contribution in [0.4, 0.5) is 5.82 Å². The van der Waals surface area contributed by atoms with E-state index in [9.17, 15) is 13.2 Å². The molecule has 0 radical (unpaired) electrons. The van der Waals surface area contributed by atoms with E-state index in [4.69, 9.17) is 19.3 Å². The lowest BCUT2D eigenvalue weighted by Crippen LogP contribution is -2.33. The first kappa shape index (κ1) is 18.0. The van der Waals surface area contributed by atoms with Crippen molar-refractivity contribution in [2.75, 3.05) is 30.8 Å². The highest BCUT2D eigenvalue weighted by molar-refractivity contribution is 7.89. The second-order valence-corrected chi connectivity index (χ2v) is 9.00. The van der Waals surface area contributed by atoms with Gasteiger partial charge in [0.2, 0.25) is 10.0 Å². The Morgan fingerprint density at radius 2 is 1.71 bits per heavy atom. The maximum atomic E-state index is 11.9. The van der Waals surface area contributed by atoms with Crippen molar-refractivity contribution >= 4 is 21.7 Å². The predicted molar refractivity (Wildman–Crippen MR) is 138 cm³/mol. The van der Waals surface area contributed by atoms with E-state index in [1.807, 2.05) is 74.5 Å². The Morgan fingerprint density at radius 1 is 1.09 bits per heavy atom. The molecule has 0 spiro atoms. The molecule has 0 atom stereocenters. The van der Waals surface area contributed by atoms with Crippen molar-refractivity contribution in [3.05, 3.63) is 66.9 Å². The highest BCUT2D eigenvalue weighted by atomic mass is 32.2. The number of aromatic nitrogens is 2. The molecule has 3 aromatic rings. The van der Waals surface area contributed by atoms with E-state index >= 15 is 0 Å². The zero-order chi connectivity index (χ0) is 31.3. The predicted octanol–water partition coefficient (Wildman–Crippen LogP) is 3.90. The Morgan fingerprint density at radius 3 is 2.31 bits per heavy atom. The first-order valence-electron chi connectivity index (χ1n) is 14.4. The monoisotopic (exact) mass is 503 g/mol. The van der Waals surface area contributed by atoms with Crippen molar-refractivity contribution < 1.29 is 27.5 Å². The van der Waals surface area contributed by atoms with E-state index in [0.717, 1.165) is 11.1 Å². The average molecular weight is 504 g/mol. The largest absolute Gasteiger partial charge is 0.372 e. The van der Waals surface area contributed by atoms with Gasteiger partial charge in [0, 0.05) is 37.1 Å². The smallest absolute Gasteiger partial charge is 0.259 e. The summed E-state index contributed by atoms with van der Waals surface area (Å²) in [5, 5.41) is 0. The summed E-state index contributed by atoms with van der Waals surface area (Å²) < 4.78 is 83.0. The Kier molecular flexibility index (Phi) is 6.40. The van der Waals surface area contributed by atoms with E-state index in [-0.39, 0.29) is 12.6 Å². The maximum Gasteiger partial charge on any atom is 0.259 e. The summed E-state index contributed by atoms with van der Waals surface area (Å²) in [6, 6.07) is 18.8. The molecule has 35 heavy (non-hydrogen) atoms. The van der Waals surface area contributed by atoms with Crippen molar-refractivity contribution in [2.45, 2.75) is 32.7 Å². The van der Waals surface area contributed by atoms with Crippen LogP contribution in [-0.4, -0.2) is 56.2 Å². The first-order valence-corrected chi connectivity index (χ1v) is 12.4. The molecule has 0 fully saturated rings. The van der Waals surface area contributed by atoms with Crippen LogP contribution >= 0.6 is 0 Å². The second kappa shape index (κ2) is 12.4. The fourth-order valence-corrected chi connectivity index (χ4v) is 3.68. The SMILES string of the molecule is [2H]C([2H])(CCN(c1cnc(-c2ccccc2)c(-c2ccccc2)n1)C(C)C)C([2H])([2H])OCC(=O)NS(=O)(=O)C([2H])([2H])[2H]. The van der Waals surface area contributed by atoms with E-state index in [1.54, 1.807) is 11.1 Å². The van der Waals surface area contributed by atoms with Crippen LogP contribution in [0.25, 0.3) is 22.5 Å². The van der Waals surface area contributed by atoms with Crippen molar-refractivity contribution in [1.29, 1.82) is 0 Å². The number of sulfonamides is 1. The summed E-state index contributed by atoms with van der Waals surface area (Å²) in [6.07, 6.45) is -5.00. The summed E-state index contributed by atoms with van der Waals surface area (Å²) in [4.78, 5) is 23.2. The van der Waals surface area contributed by atoms with Crippen LogP contribution in [-0.2, 0) is 19.6 Å². The normalized spacial score (nSPS) is 15.6. The minimum Gasteiger partial charge on any atom is -0.372 e. The molecule has 0 saturated carbocycles. The van der Waals surface area contributed by atoms with Crippen LogP contribution in [0.3, 0.4) is 0 Å². The van der Waals surface area contributed by atoms with Crippen LogP contribution in [0.1, 0.15) is 36.2 Å². The van der Waals surface area contributed by atoms with Crippen LogP contribution in [0.5, 0.6) is 0 Å². The summed E-state index contributed by atoms with van der Waals surface area (Å²) in [5.41, 5.74) is 2.97. The Bertz CT molecular complexity index is 1470. The van der Waals surface area contributed by atoms with Gasteiger partial charge in [0.05, 0.1) is 26.5 Å². The third-order valence-corrected chi connectivity index (χ3v) is 5.34. The fraction of sp³-hybridized carbons (Fsp3) is 0.346. The fourth-order valence-electron chi connectivity index (χ4n) is 3.32. The van der Waals surface area contributed by atoms with Gasteiger partial charge in [-0.3, -0.25) is 14.5 Å². The first-order chi connectivity index (χ1) is 19.5. The number of ether oxygens (including phenoxy) is 1. The number of anilines is 1. The van der Waals surface area contributed by atoms with Gasteiger partial charge < -0.3 is 9.64 Å². The topological polar surface area (TPSA) is 101 Å². The van der Waals surface area contributed by atoms with Gasteiger partial charge in [-0.25, -0.2) is 13.4 Å². The molecule has 9 heteroatoms. The molecule has 1 N–H and O–H groups in total. The molecular formula is C26H32N4O4S. The molecule has 0 bridgehead atoms. The van der Waals surface area contributed by atoms with E-state index in [0.29, 0.717) is 17.2 Å². The lowest BCUT2D eigenvalue weighted by Gasteiger charge is -2.28. The second-order valence-electron chi connectivity index (χ2n) is 7.79. The molecule has 2 aromatic carbocycles. The molecule has 0 saturated heterocycles. The number of nitrogens with one attached hydrogen (secondary N) is 1. The third-order valence-electron chi connectivity index (χ3n) is 4.85. The van der Waals surface area contributed by atoms with Crippen molar-refractivity contribution in [2.24, 2.45) is 0 Å². The quantitative estimate of drug-likeness (QED) is 0.400. The molecule has 0 aliphatic rings. The van der Waals surface area contributed by atoms with Crippen LogP contribution in [0.15, 0.2) is 66.9 Å². The number of nitrogens with zero attached hydrogens (tertiary/aromatic N) is 3. The van der Waals surface area contributed by atoms with Gasteiger partial charge in [0.25, 0.3) is 5.91 Å². The van der Waals surface area contributed by atoms with Gasteiger partial charge in [-0.05, 0) is 26.6 Å². The molecule has 3 rings (SSSR count). The van der Waals surface area contributed by atoms with Gasteiger partial charge in [-0.15, -0.1) is 0 Å². The van der Waals surface area contributed by atoms with Gasteiger partial charge >= 0.3 is 0 Å². The van der Waals surface area contributed by atoms with Gasteiger partial charge in [0.15, 0.2) is 0 Å². The molecule has 0 unspecified atom stereocenters. The summed E-state index contributed by atoms with van der Waals surface area (Å²) in [6.45, 7) is -0.533. The number of carbonyl (C=O) groups excluding carboxylic acids is 1. The van der Waals surface area contributed by atoms with Crippen molar-refractivity contribution in [1.82, 2.24) is 14.7 Å². The molecule has 186 valence electrons. The minimum absolute atomic E-state index is 0.0131. The zero-order valence-electron chi connectivity index (χ0n) is 26.4. The zero-order valence-corrected chi connectivity index (χ0v) is 20.2. The molecule has 0 aliphatic carbocycles. The number of rotatable bonds is 12. The summed E-state index contributed by atoms with van der Waals surface area (Å²) in [5.74, 6) is -1.01. The number of amides is 1. The molecule has 1 aromatic heterocycles. The Balaban J connectivity index is 1.80. The molecule has 1 amide bonds. The van der Waals surface area contributed by atoms with Gasteiger partial charge in [-0.2, -0.15) is 0 Å². The number of benzene rings is 2. The van der Waals surface area contributed by atoms with Gasteiger partial charge in [-0.1, -0.05) is 60.7 Å². The highest BCUT2D eigenvalue weighted by Crippen LogP contribution is 2.30. The van der Waals surface area contributed by atoms with Crippen LogP contribution < -0.4 is 9.62 Å². The maximum absolute atomic E-state index is 11.9. The minimum atomic E-state index is -5.02. The number of hydrogen-bond acceptors (Lipinski definition) is 7. The Hall–Kier alpha value is -3.30. The van der Waals surface area contributed by atoms with Crippen LogP contribution in [0, 0.1) is 0 Å².